The van der Waals surface area contributed by atoms with Crippen LogP contribution in [0, 0.1) is 6.92 Å². The Morgan fingerprint density at radius 1 is 1.73 bits per heavy atom. The van der Waals surface area contributed by atoms with Gasteiger partial charge in [0.1, 0.15) is 0 Å². The van der Waals surface area contributed by atoms with Crippen molar-refractivity contribution in [1.29, 1.82) is 0 Å². The first-order valence-electron chi connectivity index (χ1n) is 5.07. The van der Waals surface area contributed by atoms with Crippen LogP contribution in [0.1, 0.15) is 34.5 Å². The molecule has 4 heteroatoms. The lowest BCUT2D eigenvalue weighted by molar-refractivity contribution is 0.0775. The predicted molar refractivity (Wildman–Crippen MR) is 64.7 cm³/mol. The van der Waals surface area contributed by atoms with Crippen molar-refractivity contribution in [2.75, 3.05) is 6.61 Å². The highest BCUT2D eigenvalue weighted by Gasteiger charge is 2.21. The molecule has 1 unspecified atom stereocenters. The molecule has 2 heterocycles. The summed E-state index contributed by atoms with van der Waals surface area (Å²) >= 11 is 5.01. The zero-order valence-corrected chi connectivity index (χ0v) is 11.0. The van der Waals surface area contributed by atoms with E-state index in [1.54, 1.807) is 11.3 Å². The van der Waals surface area contributed by atoms with Crippen molar-refractivity contribution in [3.63, 3.8) is 0 Å². The number of rotatable bonds is 3. The first-order valence-corrected chi connectivity index (χ1v) is 6.68. The van der Waals surface area contributed by atoms with Gasteiger partial charge in [0.15, 0.2) is 5.78 Å². The van der Waals surface area contributed by atoms with Crippen molar-refractivity contribution >= 4 is 33.0 Å². The van der Waals surface area contributed by atoms with Gasteiger partial charge in [-0.25, -0.2) is 0 Å². The molecule has 82 valence electrons. The molecule has 0 bridgehead atoms. The highest BCUT2D eigenvalue weighted by molar-refractivity contribution is 9.11. The van der Waals surface area contributed by atoms with Gasteiger partial charge in [-0.2, -0.15) is 0 Å². The summed E-state index contributed by atoms with van der Waals surface area (Å²) in [5, 5.41) is 0. The maximum atomic E-state index is 11.9. The number of carbonyl (C=O) groups excluding carboxylic acids is 1. The van der Waals surface area contributed by atoms with Gasteiger partial charge in [-0.15, -0.1) is 11.3 Å². The summed E-state index contributed by atoms with van der Waals surface area (Å²) in [5.74, 6) is 0.210. The van der Waals surface area contributed by atoms with Crippen molar-refractivity contribution in [2.45, 2.75) is 32.3 Å². The van der Waals surface area contributed by atoms with Crippen LogP contribution in [-0.2, 0) is 4.74 Å². The van der Waals surface area contributed by atoms with Crippen LogP contribution in [0.5, 0.6) is 0 Å². The SMILES string of the molecule is Cc1sc(Br)cc1C(=O)CC1CCCO1. The Bertz CT molecular complexity index is 367. The van der Waals surface area contributed by atoms with Crippen LogP contribution in [0.2, 0.25) is 0 Å². The second-order valence-corrected chi connectivity index (χ2v) is 6.42. The van der Waals surface area contributed by atoms with Crippen LogP contribution >= 0.6 is 27.3 Å². The van der Waals surface area contributed by atoms with Gasteiger partial charge in [-0.3, -0.25) is 4.79 Å². The van der Waals surface area contributed by atoms with Gasteiger partial charge in [0.2, 0.25) is 0 Å². The van der Waals surface area contributed by atoms with Crippen LogP contribution in [0.15, 0.2) is 9.85 Å². The number of halogens is 1. The summed E-state index contributed by atoms with van der Waals surface area (Å²) in [6.07, 6.45) is 2.79. The Morgan fingerprint density at radius 3 is 3.07 bits per heavy atom. The maximum Gasteiger partial charge on any atom is 0.166 e. The lowest BCUT2D eigenvalue weighted by Crippen LogP contribution is -2.12. The molecular weight excluding hydrogens is 276 g/mol. The minimum absolute atomic E-state index is 0.149. The molecule has 1 saturated heterocycles. The zero-order chi connectivity index (χ0) is 10.8. The van der Waals surface area contributed by atoms with Gasteiger partial charge in [-0.1, -0.05) is 0 Å². The first-order chi connectivity index (χ1) is 7.16. The van der Waals surface area contributed by atoms with E-state index in [1.165, 1.54) is 0 Å². The Hall–Kier alpha value is -0.190. The molecule has 0 aliphatic carbocycles. The second kappa shape index (κ2) is 4.76. The molecular formula is C11H13BrO2S. The molecule has 1 aliphatic rings. The van der Waals surface area contributed by atoms with Crippen LogP contribution in [-0.4, -0.2) is 18.5 Å². The largest absolute Gasteiger partial charge is 0.378 e. The molecule has 1 aromatic heterocycles. The van der Waals surface area contributed by atoms with E-state index in [4.69, 9.17) is 4.74 Å². The van der Waals surface area contributed by atoms with E-state index >= 15 is 0 Å². The Morgan fingerprint density at radius 2 is 2.53 bits per heavy atom. The number of ketones is 1. The van der Waals surface area contributed by atoms with E-state index in [9.17, 15) is 4.79 Å². The zero-order valence-electron chi connectivity index (χ0n) is 8.59. The maximum absolute atomic E-state index is 11.9. The molecule has 1 aliphatic heterocycles. The number of hydrogen-bond donors (Lipinski definition) is 0. The molecule has 1 fully saturated rings. The van der Waals surface area contributed by atoms with Gasteiger partial charge < -0.3 is 4.74 Å². The monoisotopic (exact) mass is 288 g/mol. The third-order valence-electron chi connectivity index (χ3n) is 2.63. The average Bonchev–Trinajstić information content (AvgIpc) is 2.75. The van der Waals surface area contributed by atoms with Crippen molar-refractivity contribution in [3.05, 3.63) is 20.3 Å². The van der Waals surface area contributed by atoms with Gasteiger partial charge in [0.05, 0.1) is 9.89 Å². The van der Waals surface area contributed by atoms with E-state index in [2.05, 4.69) is 15.9 Å². The van der Waals surface area contributed by atoms with Crippen molar-refractivity contribution in [2.24, 2.45) is 0 Å². The van der Waals surface area contributed by atoms with E-state index in [-0.39, 0.29) is 11.9 Å². The summed E-state index contributed by atoms with van der Waals surface area (Å²) in [4.78, 5) is 13.0. The summed E-state index contributed by atoms with van der Waals surface area (Å²) in [6.45, 7) is 2.79. The highest BCUT2D eigenvalue weighted by Crippen LogP contribution is 2.28. The van der Waals surface area contributed by atoms with Crippen LogP contribution in [0.4, 0.5) is 0 Å². The lowest BCUT2D eigenvalue weighted by Gasteiger charge is -2.07. The minimum Gasteiger partial charge on any atom is -0.378 e. The molecule has 0 radical (unpaired) electrons. The fraction of sp³-hybridized carbons (Fsp3) is 0.545. The Labute approximate surface area is 102 Å². The Balaban J connectivity index is 2.03. The van der Waals surface area contributed by atoms with Crippen molar-refractivity contribution in [1.82, 2.24) is 0 Å². The quantitative estimate of drug-likeness (QED) is 0.795. The van der Waals surface area contributed by atoms with E-state index in [1.807, 2.05) is 13.0 Å². The Kier molecular flexibility index (Phi) is 3.59. The summed E-state index contributed by atoms with van der Waals surface area (Å²) in [7, 11) is 0. The van der Waals surface area contributed by atoms with Crippen molar-refractivity contribution in [3.8, 4) is 0 Å². The highest BCUT2D eigenvalue weighted by atomic mass is 79.9. The summed E-state index contributed by atoms with van der Waals surface area (Å²) in [5.41, 5.74) is 0.849. The van der Waals surface area contributed by atoms with Gasteiger partial charge in [0, 0.05) is 23.5 Å². The molecule has 2 rings (SSSR count). The van der Waals surface area contributed by atoms with Crippen molar-refractivity contribution < 1.29 is 9.53 Å². The molecule has 1 atom stereocenters. The number of carbonyl (C=O) groups is 1. The summed E-state index contributed by atoms with van der Waals surface area (Å²) in [6, 6.07) is 1.91. The number of hydrogen-bond acceptors (Lipinski definition) is 3. The smallest absolute Gasteiger partial charge is 0.166 e. The third kappa shape index (κ3) is 2.68. The molecule has 2 nitrogen and oxygen atoms in total. The molecule has 0 spiro atoms. The molecule has 0 N–H and O–H groups in total. The molecule has 0 aromatic carbocycles. The van der Waals surface area contributed by atoms with Gasteiger partial charge in [-0.05, 0) is 41.8 Å². The normalized spacial score (nSPS) is 20.8. The first kappa shape index (κ1) is 11.3. The molecule has 0 saturated carbocycles. The van der Waals surface area contributed by atoms with Crippen LogP contribution < -0.4 is 0 Å². The third-order valence-corrected chi connectivity index (χ3v) is 4.18. The fourth-order valence-electron chi connectivity index (χ4n) is 1.84. The number of thiophene rings is 1. The van der Waals surface area contributed by atoms with E-state index in [0.717, 1.165) is 33.7 Å². The predicted octanol–water partition coefficient (Wildman–Crippen LogP) is 3.57. The second-order valence-electron chi connectivity index (χ2n) is 3.78. The minimum atomic E-state index is 0.149. The topological polar surface area (TPSA) is 26.3 Å². The van der Waals surface area contributed by atoms with Crippen LogP contribution in [0.25, 0.3) is 0 Å². The van der Waals surface area contributed by atoms with E-state index in [0.29, 0.717) is 6.42 Å². The lowest BCUT2D eigenvalue weighted by atomic mass is 10.0. The van der Waals surface area contributed by atoms with E-state index < -0.39 is 0 Å². The average molecular weight is 289 g/mol. The number of aryl methyl sites for hydroxylation is 1. The fourth-order valence-corrected chi connectivity index (χ4v) is 3.55. The van der Waals surface area contributed by atoms with Gasteiger partial charge in [0.25, 0.3) is 0 Å². The van der Waals surface area contributed by atoms with Crippen LogP contribution in [0.3, 0.4) is 0 Å². The molecule has 15 heavy (non-hydrogen) atoms. The van der Waals surface area contributed by atoms with Gasteiger partial charge >= 0.3 is 0 Å². The summed E-state index contributed by atoms with van der Waals surface area (Å²) < 4.78 is 6.49. The number of Topliss-reactive ketones (excluding diaryl/α,β-unsaturated/α-hetero) is 1. The standard InChI is InChI=1S/C11H13BrO2S/c1-7-9(6-11(12)15-7)10(13)5-8-3-2-4-14-8/h6,8H,2-5H2,1H3. The number of ether oxygens (including phenoxy) is 1. The molecule has 0 amide bonds. The molecule has 1 aromatic rings.